The Morgan fingerprint density at radius 2 is 1.75 bits per heavy atom. The first kappa shape index (κ1) is 12.4. The van der Waals surface area contributed by atoms with Gasteiger partial charge in [-0.1, -0.05) is 40.0 Å². The van der Waals surface area contributed by atoms with Gasteiger partial charge in [0.1, 0.15) is 0 Å². The van der Waals surface area contributed by atoms with E-state index in [9.17, 15) is 0 Å². The van der Waals surface area contributed by atoms with Gasteiger partial charge in [-0.15, -0.1) is 0 Å². The van der Waals surface area contributed by atoms with Gasteiger partial charge >= 0.3 is 0 Å². The zero-order chi connectivity index (χ0) is 11.6. The molecule has 1 aliphatic heterocycles. The molecule has 1 saturated carbocycles. The predicted octanol–water partition coefficient (Wildman–Crippen LogP) is 2.64. The summed E-state index contributed by atoms with van der Waals surface area (Å²) in [6.45, 7) is 10.8. The maximum Gasteiger partial charge on any atom is 0.0244 e. The first-order valence-corrected chi connectivity index (χ1v) is 7.05. The van der Waals surface area contributed by atoms with Crippen LogP contribution < -0.4 is 5.32 Å². The van der Waals surface area contributed by atoms with Gasteiger partial charge in [0.15, 0.2) is 0 Å². The van der Waals surface area contributed by atoms with E-state index in [1.807, 2.05) is 0 Å². The van der Waals surface area contributed by atoms with E-state index in [4.69, 9.17) is 0 Å². The summed E-state index contributed by atoms with van der Waals surface area (Å²) in [4.78, 5) is 2.76. The molecule has 2 aliphatic rings. The van der Waals surface area contributed by atoms with Gasteiger partial charge < -0.3 is 5.32 Å². The summed E-state index contributed by atoms with van der Waals surface area (Å²) in [5.41, 5.74) is 0.396. The van der Waals surface area contributed by atoms with Crippen LogP contribution in [-0.4, -0.2) is 36.6 Å². The van der Waals surface area contributed by atoms with E-state index in [0.29, 0.717) is 11.5 Å². The number of hydrogen-bond acceptors (Lipinski definition) is 2. The van der Waals surface area contributed by atoms with Crippen LogP contribution in [0.1, 0.15) is 52.9 Å². The van der Waals surface area contributed by atoms with Crippen LogP contribution in [0.4, 0.5) is 0 Å². The number of piperazine rings is 1. The van der Waals surface area contributed by atoms with E-state index in [1.54, 1.807) is 0 Å². The van der Waals surface area contributed by atoms with Crippen molar-refractivity contribution in [2.75, 3.05) is 19.6 Å². The molecule has 0 amide bonds. The van der Waals surface area contributed by atoms with Crippen LogP contribution in [0, 0.1) is 5.41 Å². The summed E-state index contributed by atoms with van der Waals surface area (Å²) in [6.07, 6.45) is 7.25. The number of nitrogens with zero attached hydrogens (tertiary/aromatic N) is 1. The molecule has 1 atom stereocenters. The van der Waals surface area contributed by atoms with Gasteiger partial charge in [-0.25, -0.2) is 0 Å². The molecule has 1 N–H and O–H groups in total. The summed E-state index contributed by atoms with van der Waals surface area (Å²) in [5.74, 6) is 0. The Labute approximate surface area is 101 Å². The van der Waals surface area contributed by atoms with Crippen LogP contribution in [0.3, 0.4) is 0 Å². The third kappa shape index (κ3) is 2.98. The standard InChI is InChI=1S/C14H28N2/c1-14(2,3)13-11-16(10-9-15-13)12-7-5-4-6-8-12/h12-13,15H,4-11H2,1-3H3. The van der Waals surface area contributed by atoms with E-state index in [1.165, 1.54) is 51.7 Å². The minimum atomic E-state index is 0.396. The zero-order valence-electron chi connectivity index (χ0n) is 11.3. The summed E-state index contributed by atoms with van der Waals surface area (Å²) < 4.78 is 0. The van der Waals surface area contributed by atoms with Gasteiger partial charge in [-0.05, 0) is 18.3 Å². The van der Waals surface area contributed by atoms with Crippen molar-refractivity contribution < 1.29 is 0 Å². The average Bonchev–Trinajstić information content (AvgIpc) is 2.29. The highest BCUT2D eigenvalue weighted by molar-refractivity contribution is 4.90. The fraction of sp³-hybridized carbons (Fsp3) is 1.00. The highest BCUT2D eigenvalue weighted by Gasteiger charge is 2.32. The van der Waals surface area contributed by atoms with Crippen LogP contribution >= 0.6 is 0 Å². The molecule has 1 saturated heterocycles. The highest BCUT2D eigenvalue weighted by atomic mass is 15.2. The van der Waals surface area contributed by atoms with Crippen LogP contribution in [-0.2, 0) is 0 Å². The molecule has 0 aromatic rings. The molecular weight excluding hydrogens is 196 g/mol. The first-order valence-electron chi connectivity index (χ1n) is 7.05. The number of rotatable bonds is 1. The summed E-state index contributed by atoms with van der Waals surface area (Å²) >= 11 is 0. The Kier molecular flexibility index (Phi) is 3.91. The number of hydrogen-bond donors (Lipinski definition) is 1. The van der Waals surface area contributed by atoms with E-state index in [0.717, 1.165) is 6.04 Å². The quantitative estimate of drug-likeness (QED) is 0.736. The molecule has 2 fully saturated rings. The molecule has 2 nitrogen and oxygen atoms in total. The fourth-order valence-electron chi connectivity index (χ4n) is 3.13. The van der Waals surface area contributed by atoms with E-state index in [2.05, 4.69) is 31.0 Å². The zero-order valence-corrected chi connectivity index (χ0v) is 11.3. The fourth-order valence-corrected chi connectivity index (χ4v) is 3.13. The van der Waals surface area contributed by atoms with Gasteiger partial charge in [0.2, 0.25) is 0 Å². The van der Waals surface area contributed by atoms with Crippen molar-refractivity contribution in [3.05, 3.63) is 0 Å². The third-order valence-corrected chi connectivity index (χ3v) is 4.34. The second kappa shape index (κ2) is 5.05. The van der Waals surface area contributed by atoms with Crippen molar-refractivity contribution in [2.24, 2.45) is 5.41 Å². The lowest BCUT2D eigenvalue weighted by molar-refractivity contribution is 0.0804. The molecule has 1 heterocycles. The minimum Gasteiger partial charge on any atom is -0.311 e. The number of nitrogens with one attached hydrogen (secondary N) is 1. The van der Waals surface area contributed by atoms with Gasteiger partial charge in [0.25, 0.3) is 0 Å². The van der Waals surface area contributed by atoms with Gasteiger partial charge in [0.05, 0.1) is 0 Å². The molecule has 1 aliphatic carbocycles. The second-order valence-electron chi connectivity index (χ2n) is 6.66. The topological polar surface area (TPSA) is 15.3 Å². The molecule has 0 aromatic carbocycles. The van der Waals surface area contributed by atoms with Gasteiger partial charge in [0, 0.05) is 31.7 Å². The van der Waals surface area contributed by atoms with E-state index >= 15 is 0 Å². The Bertz CT molecular complexity index is 213. The van der Waals surface area contributed by atoms with Gasteiger partial charge in [-0.3, -0.25) is 4.90 Å². The lowest BCUT2D eigenvalue weighted by Gasteiger charge is -2.44. The maximum absolute atomic E-state index is 3.69. The molecule has 2 rings (SSSR count). The smallest absolute Gasteiger partial charge is 0.0244 e. The molecule has 1 unspecified atom stereocenters. The lowest BCUT2D eigenvalue weighted by Crippen LogP contribution is -2.58. The monoisotopic (exact) mass is 224 g/mol. The first-order chi connectivity index (χ1) is 7.57. The molecule has 94 valence electrons. The Morgan fingerprint density at radius 1 is 1.06 bits per heavy atom. The largest absolute Gasteiger partial charge is 0.311 e. The molecule has 16 heavy (non-hydrogen) atoms. The van der Waals surface area contributed by atoms with Crippen molar-refractivity contribution >= 4 is 0 Å². The maximum atomic E-state index is 3.69. The Morgan fingerprint density at radius 3 is 2.38 bits per heavy atom. The van der Waals surface area contributed by atoms with Crippen molar-refractivity contribution in [1.82, 2.24) is 10.2 Å². The molecule has 0 spiro atoms. The molecule has 2 heteroatoms. The Hall–Kier alpha value is -0.0800. The average molecular weight is 224 g/mol. The highest BCUT2D eigenvalue weighted by Crippen LogP contribution is 2.27. The van der Waals surface area contributed by atoms with Crippen LogP contribution in [0.25, 0.3) is 0 Å². The van der Waals surface area contributed by atoms with Crippen molar-refractivity contribution in [2.45, 2.75) is 65.0 Å². The Balaban J connectivity index is 1.90. The van der Waals surface area contributed by atoms with Crippen molar-refractivity contribution in [3.63, 3.8) is 0 Å². The third-order valence-electron chi connectivity index (χ3n) is 4.34. The van der Waals surface area contributed by atoms with Crippen molar-refractivity contribution in [3.8, 4) is 0 Å². The van der Waals surface area contributed by atoms with Crippen LogP contribution in [0.15, 0.2) is 0 Å². The molecule has 0 bridgehead atoms. The summed E-state index contributed by atoms with van der Waals surface area (Å²) in [5, 5.41) is 3.69. The van der Waals surface area contributed by atoms with Gasteiger partial charge in [-0.2, -0.15) is 0 Å². The van der Waals surface area contributed by atoms with Crippen LogP contribution in [0.2, 0.25) is 0 Å². The van der Waals surface area contributed by atoms with E-state index < -0.39 is 0 Å². The second-order valence-corrected chi connectivity index (χ2v) is 6.66. The lowest BCUT2D eigenvalue weighted by atomic mass is 9.84. The molecular formula is C14H28N2. The van der Waals surface area contributed by atoms with Crippen LogP contribution in [0.5, 0.6) is 0 Å². The summed E-state index contributed by atoms with van der Waals surface area (Å²) in [7, 11) is 0. The normalized spacial score (nSPS) is 30.6. The predicted molar refractivity (Wildman–Crippen MR) is 69.7 cm³/mol. The SMILES string of the molecule is CC(C)(C)C1CN(C2CCCCC2)CCN1. The summed E-state index contributed by atoms with van der Waals surface area (Å²) in [6, 6.07) is 1.56. The molecule has 0 radical (unpaired) electrons. The van der Waals surface area contributed by atoms with E-state index in [-0.39, 0.29) is 0 Å². The molecule has 0 aromatic heterocycles. The minimum absolute atomic E-state index is 0.396. The van der Waals surface area contributed by atoms with Crippen molar-refractivity contribution in [1.29, 1.82) is 0 Å².